The molecule has 2 heteroatoms. The summed E-state index contributed by atoms with van der Waals surface area (Å²) in [5.41, 5.74) is 0.722. The summed E-state index contributed by atoms with van der Waals surface area (Å²) in [6, 6.07) is 0. The van der Waals surface area contributed by atoms with Gasteiger partial charge in [0.15, 0.2) is 0 Å². The van der Waals surface area contributed by atoms with E-state index >= 15 is 0 Å². The van der Waals surface area contributed by atoms with Gasteiger partial charge in [-0.1, -0.05) is 0 Å². The van der Waals surface area contributed by atoms with E-state index in [-0.39, 0.29) is 0 Å². The molecule has 1 aliphatic rings. The quantitative estimate of drug-likeness (QED) is 0.462. The number of hydrogen-bond acceptors (Lipinski definition) is 1. The number of nitrogens with one attached hydrogen (secondary N) is 1. The summed E-state index contributed by atoms with van der Waals surface area (Å²) in [5.74, 6) is 0. The van der Waals surface area contributed by atoms with E-state index in [1.54, 1.807) is 18.4 Å². The average Bonchev–Trinajstić information content (AvgIpc) is 2.14. The summed E-state index contributed by atoms with van der Waals surface area (Å²) in [4.78, 5) is 0. The maximum atomic E-state index is 6.67. The molecule has 0 bridgehead atoms. The Hall–Kier alpha value is -1.05. The van der Waals surface area contributed by atoms with Crippen molar-refractivity contribution in [2.24, 2.45) is 0 Å². The van der Waals surface area contributed by atoms with Crippen molar-refractivity contribution in [3.63, 3.8) is 0 Å². The molecular weight excluding hydrogens is 88.1 g/mol. The van der Waals surface area contributed by atoms with Gasteiger partial charge in [0, 0.05) is 12.4 Å². The van der Waals surface area contributed by atoms with E-state index in [2.05, 4.69) is 5.32 Å². The largest absolute Gasteiger partial charge is 0.307 e. The second-order valence-electron chi connectivity index (χ2n) is 1.21. The highest BCUT2D eigenvalue weighted by atomic mass is 14.9. The van der Waals surface area contributed by atoms with Gasteiger partial charge in [-0.3, -0.25) is 5.32 Å². The maximum absolute atomic E-state index is 6.67. The van der Waals surface area contributed by atoms with Crippen LogP contribution in [0.2, 0.25) is 0 Å². The molecule has 35 valence electrons. The van der Waals surface area contributed by atoms with Crippen LogP contribution >= 0.6 is 0 Å². The van der Waals surface area contributed by atoms with Gasteiger partial charge >= 0.3 is 0 Å². The van der Waals surface area contributed by atoms with E-state index in [4.69, 9.17) is 5.41 Å². The predicted molar refractivity (Wildman–Crippen MR) is 28.1 cm³/mol. The first-order valence-electron chi connectivity index (χ1n) is 2.01. The van der Waals surface area contributed by atoms with Crippen LogP contribution in [0.1, 0.15) is 0 Å². The fourth-order valence-corrected chi connectivity index (χ4v) is 0.399. The van der Waals surface area contributed by atoms with Crippen molar-refractivity contribution in [3.05, 3.63) is 24.0 Å². The van der Waals surface area contributed by atoms with Gasteiger partial charge in [-0.25, -0.2) is 0 Å². The first-order valence-corrected chi connectivity index (χ1v) is 2.01. The zero-order chi connectivity index (χ0) is 5.11. The van der Waals surface area contributed by atoms with Crippen molar-refractivity contribution in [2.75, 3.05) is 0 Å². The second kappa shape index (κ2) is 1.60. The Balaban J connectivity index is 2.61. The molecule has 1 rings (SSSR count). The van der Waals surface area contributed by atoms with Gasteiger partial charge in [-0.2, -0.15) is 0 Å². The molecule has 0 fully saturated rings. The number of nitrogens with zero attached hydrogens (tertiary/aromatic N) is 1. The molecule has 1 heterocycles. The van der Waals surface area contributed by atoms with Crippen molar-refractivity contribution in [1.29, 1.82) is 5.41 Å². The number of hydrogen-bond donors (Lipinski definition) is 1. The smallest absolute Gasteiger partial charge is 0.0805 e. The van der Waals surface area contributed by atoms with Gasteiger partial charge in [0.25, 0.3) is 0 Å². The van der Waals surface area contributed by atoms with Crippen molar-refractivity contribution >= 4 is 6.21 Å². The van der Waals surface area contributed by atoms with Crippen molar-refractivity contribution in [1.82, 2.24) is 5.32 Å². The zero-order valence-corrected chi connectivity index (χ0v) is 3.76. The highest BCUT2D eigenvalue weighted by Crippen LogP contribution is 1.94. The Morgan fingerprint density at radius 3 is 2.86 bits per heavy atom. The molecule has 1 radical (unpaired) electrons. The molecule has 0 aromatic carbocycles. The van der Waals surface area contributed by atoms with E-state index < -0.39 is 0 Å². The van der Waals surface area contributed by atoms with Crippen LogP contribution in [0, 0.1) is 5.41 Å². The summed E-state index contributed by atoms with van der Waals surface area (Å²) in [5, 5.41) is 10.5. The van der Waals surface area contributed by atoms with Crippen LogP contribution in [0.3, 0.4) is 0 Å². The number of allylic oxidation sites excluding steroid dienone is 3. The van der Waals surface area contributed by atoms with Crippen LogP contribution in [0.15, 0.2) is 24.0 Å². The lowest BCUT2D eigenvalue weighted by molar-refractivity contribution is 1.15. The summed E-state index contributed by atoms with van der Waals surface area (Å²) in [6.07, 6.45) is 6.48. The third kappa shape index (κ3) is 0.682. The molecule has 0 spiro atoms. The summed E-state index contributed by atoms with van der Waals surface area (Å²) in [7, 11) is 0. The van der Waals surface area contributed by atoms with E-state index in [1.165, 1.54) is 6.21 Å². The lowest BCUT2D eigenvalue weighted by Crippen LogP contribution is -1.90. The van der Waals surface area contributed by atoms with Gasteiger partial charge in [-0.15, -0.1) is 0 Å². The Kier molecular flexibility index (Phi) is 0.941. The SMILES string of the molecule is N=CC1=CC=C[N]1. The molecule has 7 heavy (non-hydrogen) atoms. The van der Waals surface area contributed by atoms with Crippen LogP contribution in [-0.4, -0.2) is 6.21 Å². The lowest BCUT2D eigenvalue weighted by atomic mass is 10.5. The second-order valence-corrected chi connectivity index (χ2v) is 1.21. The van der Waals surface area contributed by atoms with Gasteiger partial charge in [-0.05, 0) is 12.2 Å². The molecule has 0 saturated heterocycles. The molecule has 0 aromatic heterocycles. The normalized spacial score (nSPS) is 15.7. The van der Waals surface area contributed by atoms with Crippen molar-refractivity contribution < 1.29 is 0 Å². The molecule has 0 aromatic rings. The van der Waals surface area contributed by atoms with Crippen molar-refractivity contribution in [3.8, 4) is 0 Å². The van der Waals surface area contributed by atoms with E-state index in [0.29, 0.717) is 0 Å². The molecule has 0 amide bonds. The monoisotopic (exact) mass is 93.0 g/mol. The zero-order valence-electron chi connectivity index (χ0n) is 3.76. The van der Waals surface area contributed by atoms with Crippen molar-refractivity contribution in [2.45, 2.75) is 0 Å². The molecule has 2 nitrogen and oxygen atoms in total. The van der Waals surface area contributed by atoms with Crippen LogP contribution in [0.5, 0.6) is 0 Å². The minimum absolute atomic E-state index is 0.722. The van der Waals surface area contributed by atoms with Gasteiger partial charge in [0.1, 0.15) is 0 Å². The van der Waals surface area contributed by atoms with Gasteiger partial charge < -0.3 is 5.41 Å². The minimum Gasteiger partial charge on any atom is -0.307 e. The third-order valence-corrected chi connectivity index (χ3v) is 0.725. The predicted octanol–water partition coefficient (Wildman–Crippen LogP) is 0.652. The van der Waals surface area contributed by atoms with E-state index in [0.717, 1.165) is 5.70 Å². The molecule has 0 aliphatic carbocycles. The Morgan fingerprint density at radius 2 is 2.57 bits per heavy atom. The Bertz CT molecular complexity index is 133. The molecule has 0 saturated carbocycles. The average molecular weight is 93.1 g/mol. The van der Waals surface area contributed by atoms with Crippen LogP contribution < -0.4 is 5.32 Å². The fraction of sp³-hybridized carbons (Fsp3) is 0. The first kappa shape index (κ1) is 4.12. The summed E-state index contributed by atoms with van der Waals surface area (Å²) < 4.78 is 0. The molecule has 1 aliphatic heterocycles. The molecular formula is C5H5N2. The van der Waals surface area contributed by atoms with Gasteiger partial charge in [0.05, 0.1) is 5.70 Å². The molecule has 1 N–H and O–H groups in total. The van der Waals surface area contributed by atoms with E-state index in [9.17, 15) is 0 Å². The highest BCUT2D eigenvalue weighted by molar-refractivity contribution is 5.76. The highest BCUT2D eigenvalue weighted by Gasteiger charge is 1.90. The minimum atomic E-state index is 0.722. The lowest BCUT2D eigenvalue weighted by Gasteiger charge is -1.82. The van der Waals surface area contributed by atoms with Crippen LogP contribution in [0.4, 0.5) is 0 Å². The molecule has 0 atom stereocenters. The van der Waals surface area contributed by atoms with E-state index in [1.807, 2.05) is 0 Å². The van der Waals surface area contributed by atoms with Crippen LogP contribution in [-0.2, 0) is 0 Å². The van der Waals surface area contributed by atoms with Gasteiger partial charge in [0.2, 0.25) is 0 Å². The topological polar surface area (TPSA) is 38.0 Å². The standard InChI is InChI=1S/C5H5N2/c6-4-5-2-1-3-7-5/h1-4,6H. The summed E-state index contributed by atoms with van der Waals surface area (Å²) >= 11 is 0. The molecule has 0 unspecified atom stereocenters. The Morgan fingerprint density at radius 1 is 1.71 bits per heavy atom. The number of rotatable bonds is 1. The Labute approximate surface area is 42.0 Å². The first-order chi connectivity index (χ1) is 3.43. The fourth-order valence-electron chi connectivity index (χ4n) is 0.399. The third-order valence-electron chi connectivity index (χ3n) is 0.725. The maximum Gasteiger partial charge on any atom is 0.0805 e. The van der Waals surface area contributed by atoms with Crippen LogP contribution in [0.25, 0.3) is 0 Å². The summed E-state index contributed by atoms with van der Waals surface area (Å²) in [6.45, 7) is 0.